The number of nitrogens with zero attached hydrogens (tertiary/aromatic N) is 1. The molecule has 7 heteroatoms. The topological polar surface area (TPSA) is 51.1 Å². The zero-order valence-electron chi connectivity index (χ0n) is 26.0. The first kappa shape index (κ1) is 31.8. The lowest BCUT2D eigenvalue weighted by Crippen LogP contribution is -2.28. The number of hydrogen-bond donors (Lipinski definition) is 1. The molecule has 1 atom stereocenters. The van der Waals surface area contributed by atoms with Gasteiger partial charge in [-0.25, -0.2) is 0 Å². The van der Waals surface area contributed by atoms with Crippen LogP contribution < -0.4 is 10.9 Å². The second-order valence-corrected chi connectivity index (χ2v) is 14.1. The van der Waals surface area contributed by atoms with E-state index in [1.807, 2.05) is 24.3 Å². The molecular weight excluding hydrogens is 561 g/mol. The first-order valence-corrected chi connectivity index (χ1v) is 15.7. The largest absolute Gasteiger partial charge is 0.421 e. The number of pyridine rings is 1. The van der Waals surface area contributed by atoms with Crippen LogP contribution in [0.1, 0.15) is 93.9 Å². The normalized spacial score (nSPS) is 17.3. The van der Waals surface area contributed by atoms with Gasteiger partial charge >= 0.3 is 6.18 Å². The van der Waals surface area contributed by atoms with Gasteiger partial charge in [0.05, 0.1) is 12.5 Å². The van der Waals surface area contributed by atoms with Crippen molar-refractivity contribution in [3.05, 3.63) is 112 Å². The lowest BCUT2D eigenvalue weighted by molar-refractivity contribution is -0.139. The standard InChI is InChI=1S/C37H43F3N2O2/c1-25(22-35(2,3)4)36(18-19-36)23-27-9-7-12-30(21-27)41-33(43)32(28-10-5-6-11-28)29-16-14-26(15-17-29)24-42-20-8-13-31(34(42)44)37(38,39)40/h7-9,12-17,20-21,28,32H,1,5-6,10-11,18-19,22-24H2,2-4H3,(H,41,43). The summed E-state index contributed by atoms with van der Waals surface area (Å²) < 4.78 is 40.7. The monoisotopic (exact) mass is 604 g/mol. The van der Waals surface area contributed by atoms with Crippen LogP contribution in [0.5, 0.6) is 0 Å². The minimum atomic E-state index is -4.70. The number of carbonyl (C=O) groups is 1. The number of hydrogen-bond acceptors (Lipinski definition) is 2. The molecule has 4 nitrogen and oxygen atoms in total. The highest BCUT2D eigenvalue weighted by atomic mass is 19.4. The van der Waals surface area contributed by atoms with E-state index < -0.39 is 17.3 Å². The maximum atomic E-state index is 13.8. The van der Waals surface area contributed by atoms with Gasteiger partial charge < -0.3 is 9.88 Å². The summed E-state index contributed by atoms with van der Waals surface area (Å²) in [5.74, 6) is -0.174. The number of aromatic nitrogens is 1. The molecule has 1 amide bonds. The molecule has 2 aromatic carbocycles. The Morgan fingerprint density at radius 3 is 2.30 bits per heavy atom. The fraction of sp³-hybridized carbons (Fsp3) is 0.459. The summed E-state index contributed by atoms with van der Waals surface area (Å²) >= 11 is 0. The first-order chi connectivity index (χ1) is 20.7. The van der Waals surface area contributed by atoms with E-state index in [9.17, 15) is 22.8 Å². The van der Waals surface area contributed by atoms with Crippen molar-refractivity contribution in [1.82, 2.24) is 4.57 Å². The number of alkyl halides is 3. The van der Waals surface area contributed by atoms with Crippen molar-refractivity contribution in [2.45, 2.75) is 90.8 Å². The van der Waals surface area contributed by atoms with Gasteiger partial charge in [0, 0.05) is 11.9 Å². The van der Waals surface area contributed by atoms with E-state index in [4.69, 9.17) is 0 Å². The summed E-state index contributed by atoms with van der Waals surface area (Å²) in [4.78, 5) is 26.3. The summed E-state index contributed by atoms with van der Waals surface area (Å²) in [6.07, 6.45) is 5.00. The van der Waals surface area contributed by atoms with E-state index in [0.717, 1.165) is 73.3 Å². The molecule has 5 rings (SSSR count). The maximum absolute atomic E-state index is 13.8. The Hall–Kier alpha value is -3.61. The number of anilines is 1. The van der Waals surface area contributed by atoms with E-state index in [1.165, 1.54) is 23.4 Å². The van der Waals surface area contributed by atoms with Crippen molar-refractivity contribution >= 4 is 11.6 Å². The van der Waals surface area contributed by atoms with Gasteiger partial charge in [-0.2, -0.15) is 13.2 Å². The summed E-state index contributed by atoms with van der Waals surface area (Å²) in [6, 6.07) is 17.6. The molecule has 0 spiro atoms. The smallest absolute Gasteiger partial charge is 0.326 e. The van der Waals surface area contributed by atoms with E-state index in [2.05, 4.69) is 44.8 Å². The minimum Gasteiger partial charge on any atom is -0.326 e. The Morgan fingerprint density at radius 1 is 1.00 bits per heavy atom. The second kappa shape index (κ2) is 12.4. The van der Waals surface area contributed by atoms with Crippen LogP contribution in [-0.2, 0) is 23.9 Å². The van der Waals surface area contributed by atoms with E-state index in [-0.39, 0.29) is 35.1 Å². The predicted octanol–water partition coefficient (Wildman–Crippen LogP) is 9.14. The van der Waals surface area contributed by atoms with Crippen LogP contribution in [0.25, 0.3) is 0 Å². The summed E-state index contributed by atoms with van der Waals surface area (Å²) in [5.41, 5.74) is 2.98. The third-order valence-electron chi connectivity index (χ3n) is 9.26. The second-order valence-electron chi connectivity index (χ2n) is 14.1. The average molecular weight is 605 g/mol. The third-order valence-corrected chi connectivity index (χ3v) is 9.26. The number of nitrogens with one attached hydrogen (secondary N) is 1. The van der Waals surface area contributed by atoms with Gasteiger partial charge in [0.15, 0.2) is 0 Å². The fourth-order valence-electron chi connectivity index (χ4n) is 6.84. The number of carbonyl (C=O) groups excluding carboxylic acids is 1. The molecule has 1 heterocycles. The third kappa shape index (κ3) is 7.54. The molecule has 2 aliphatic rings. The molecule has 0 radical (unpaired) electrons. The molecule has 3 aromatic rings. The van der Waals surface area contributed by atoms with E-state index >= 15 is 0 Å². The maximum Gasteiger partial charge on any atom is 0.421 e. The molecule has 1 aromatic heterocycles. The van der Waals surface area contributed by atoms with Crippen molar-refractivity contribution < 1.29 is 18.0 Å². The molecule has 1 N–H and O–H groups in total. The number of allylic oxidation sites excluding steroid dienone is 1. The molecule has 0 bridgehead atoms. The molecule has 0 aliphatic heterocycles. The van der Waals surface area contributed by atoms with Crippen molar-refractivity contribution in [3.8, 4) is 0 Å². The Bertz CT molecular complexity index is 1550. The fourth-order valence-corrected chi connectivity index (χ4v) is 6.84. The van der Waals surface area contributed by atoms with Gasteiger partial charge in [-0.05, 0) is 96.2 Å². The molecule has 44 heavy (non-hydrogen) atoms. The SMILES string of the molecule is C=C(CC(C)(C)C)C1(Cc2cccc(NC(=O)C(c3ccc(Cn4cccc(C(F)(F)F)c4=O)cc3)C3CCCC3)c2)CC1. The van der Waals surface area contributed by atoms with Gasteiger partial charge in [-0.3, -0.25) is 9.59 Å². The van der Waals surface area contributed by atoms with Crippen LogP contribution >= 0.6 is 0 Å². The van der Waals surface area contributed by atoms with Crippen LogP contribution in [-0.4, -0.2) is 10.5 Å². The van der Waals surface area contributed by atoms with Crippen LogP contribution in [0.4, 0.5) is 18.9 Å². The Morgan fingerprint density at radius 2 is 1.68 bits per heavy atom. The van der Waals surface area contributed by atoms with Crippen molar-refractivity contribution in [1.29, 1.82) is 0 Å². The lowest BCUT2D eigenvalue weighted by atomic mass is 9.79. The van der Waals surface area contributed by atoms with Crippen LogP contribution in [0.2, 0.25) is 0 Å². The van der Waals surface area contributed by atoms with Gasteiger partial charge in [-0.15, -0.1) is 0 Å². The molecular formula is C37H43F3N2O2. The number of amides is 1. The highest BCUT2D eigenvalue weighted by molar-refractivity contribution is 5.96. The van der Waals surface area contributed by atoms with Gasteiger partial charge in [0.1, 0.15) is 5.56 Å². The Labute approximate surface area is 258 Å². The first-order valence-electron chi connectivity index (χ1n) is 15.7. The zero-order valence-corrected chi connectivity index (χ0v) is 26.0. The van der Waals surface area contributed by atoms with E-state index in [1.54, 1.807) is 12.1 Å². The highest BCUT2D eigenvalue weighted by Gasteiger charge is 2.45. The van der Waals surface area contributed by atoms with Crippen molar-refractivity contribution in [2.24, 2.45) is 16.7 Å². The number of rotatable bonds is 10. The molecule has 0 saturated heterocycles. The Balaban J connectivity index is 1.31. The molecule has 2 saturated carbocycles. The Kier molecular flexibility index (Phi) is 8.97. The zero-order chi connectivity index (χ0) is 31.7. The minimum absolute atomic E-state index is 0.0137. The molecule has 234 valence electrons. The van der Waals surface area contributed by atoms with Crippen LogP contribution in [0.15, 0.2) is 83.8 Å². The summed E-state index contributed by atoms with van der Waals surface area (Å²) in [5, 5.41) is 3.20. The van der Waals surface area contributed by atoms with Gasteiger partial charge in [0.2, 0.25) is 5.91 Å². The van der Waals surface area contributed by atoms with E-state index in [0.29, 0.717) is 5.56 Å². The lowest BCUT2D eigenvalue weighted by Gasteiger charge is -2.26. The van der Waals surface area contributed by atoms with Crippen LogP contribution in [0, 0.1) is 16.7 Å². The average Bonchev–Trinajstić information content (AvgIpc) is 3.52. The van der Waals surface area contributed by atoms with Gasteiger partial charge in [-0.1, -0.05) is 82.2 Å². The highest BCUT2D eigenvalue weighted by Crippen LogP contribution is 2.56. The molecule has 1 unspecified atom stereocenters. The summed E-state index contributed by atoms with van der Waals surface area (Å²) in [6.45, 7) is 11.2. The van der Waals surface area contributed by atoms with Crippen molar-refractivity contribution in [3.63, 3.8) is 0 Å². The number of halogens is 3. The van der Waals surface area contributed by atoms with Crippen molar-refractivity contribution in [2.75, 3.05) is 5.32 Å². The van der Waals surface area contributed by atoms with Gasteiger partial charge in [0.25, 0.3) is 5.56 Å². The number of benzene rings is 2. The summed E-state index contributed by atoms with van der Waals surface area (Å²) in [7, 11) is 0. The quantitative estimate of drug-likeness (QED) is 0.235. The van der Waals surface area contributed by atoms with Crippen LogP contribution in [0.3, 0.4) is 0 Å². The molecule has 2 aliphatic carbocycles. The predicted molar refractivity (Wildman–Crippen MR) is 170 cm³/mol. The molecule has 2 fully saturated rings.